The van der Waals surface area contributed by atoms with Crippen LogP contribution in [0.2, 0.25) is 0 Å². The van der Waals surface area contributed by atoms with Crippen LogP contribution in [0.25, 0.3) is 10.9 Å². The van der Waals surface area contributed by atoms with Crippen molar-refractivity contribution in [1.29, 1.82) is 0 Å². The number of aromatic nitrogens is 2. The molecule has 28 heavy (non-hydrogen) atoms. The van der Waals surface area contributed by atoms with Crippen LogP contribution in [-0.4, -0.2) is 46.3 Å². The summed E-state index contributed by atoms with van der Waals surface area (Å²) in [6, 6.07) is 13.7. The number of ether oxygens (including phenoxy) is 2. The molecule has 1 aliphatic heterocycles. The van der Waals surface area contributed by atoms with Crippen molar-refractivity contribution in [2.45, 2.75) is 18.5 Å². The van der Waals surface area contributed by atoms with Crippen molar-refractivity contribution in [3.63, 3.8) is 0 Å². The number of thioether (sulfide) groups is 1. The van der Waals surface area contributed by atoms with Gasteiger partial charge in [0.1, 0.15) is 24.6 Å². The molecule has 2 heterocycles. The Labute approximate surface area is 167 Å². The molecule has 0 unspecified atom stereocenters. The minimum absolute atomic E-state index is 0.0742. The molecule has 3 aromatic rings. The molecule has 6 nitrogen and oxygen atoms in total. The van der Waals surface area contributed by atoms with E-state index in [2.05, 4.69) is 9.97 Å². The Kier molecular flexibility index (Phi) is 5.62. The van der Waals surface area contributed by atoms with Crippen molar-refractivity contribution < 1.29 is 14.3 Å². The summed E-state index contributed by atoms with van der Waals surface area (Å²) in [5.74, 6) is 1.91. The summed E-state index contributed by atoms with van der Waals surface area (Å²) >= 11 is 1.45. The Morgan fingerprint density at radius 3 is 2.79 bits per heavy atom. The second kappa shape index (κ2) is 8.48. The number of carbonyl (C=O) groups excluding carboxylic acids is 1. The summed E-state index contributed by atoms with van der Waals surface area (Å²) in [7, 11) is 0. The van der Waals surface area contributed by atoms with Crippen LogP contribution in [0.1, 0.15) is 12.5 Å². The highest BCUT2D eigenvalue weighted by Gasteiger charge is 2.17. The summed E-state index contributed by atoms with van der Waals surface area (Å²) < 4.78 is 11.2. The number of benzene rings is 2. The zero-order valence-electron chi connectivity index (χ0n) is 15.6. The van der Waals surface area contributed by atoms with E-state index in [-0.39, 0.29) is 5.91 Å². The summed E-state index contributed by atoms with van der Waals surface area (Å²) in [4.78, 5) is 23.2. The lowest BCUT2D eigenvalue weighted by atomic mass is 10.2. The highest BCUT2D eigenvalue weighted by atomic mass is 32.2. The van der Waals surface area contributed by atoms with Gasteiger partial charge in [-0.05, 0) is 30.7 Å². The van der Waals surface area contributed by atoms with E-state index < -0.39 is 0 Å². The van der Waals surface area contributed by atoms with E-state index >= 15 is 0 Å². The highest BCUT2D eigenvalue weighted by molar-refractivity contribution is 8.00. The monoisotopic (exact) mass is 395 g/mol. The zero-order chi connectivity index (χ0) is 19.3. The van der Waals surface area contributed by atoms with Gasteiger partial charge in [-0.3, -0.25) is 4.79 Å². The third-order valence-electron chi connectivity index (χ3n) is 4.55. The van der Waals surface area contributed by atoms with Gasteiger partial charge in [-0.25, -0.2) is 9.97 Å². The normalized spacial score (nSPS) is 12.8. The molecule has 7 heteroatoms. The summed E-state index contributed by atoms with van der Waals surface area (Å²) in [6.07, 6.45) is 1.54. The minimum Gasteiger partial charge on any atom is -0.486 e. The fourth-order valence-corrected chi connectivity index (χ4v) is 3.99. The smallest absolute Gasteiger partial charge is 0.233 e. The average molecular weight is 395 g/mol. The molecule has 0 aliphatic carbocycles. The zero-order valence-corrected chi connectivity index (χ0v) is 16.4. The molecule has 0 atom stereocenters. The van der Waals surface area contributed by atoms with Gasteiger partial charge >= 0.3 is 0 Å². The quantitative estimate of drug-likeness (QED) is 0.470. The van der Waals surface area contributed by atoms with Crippen LogP contribution in [0.4, 0.5) is 0 Å². The number of amides is 1. The largest absolute Gasteiger partial charge is 0.486 e. The van der Waals surface area contributed by atoms with E-state index in [1.54, 1.807) is 6.33 Å². The lowest BCUT2D eigenvalue weighted by Gasteiger charge is -2.23. The van der Waals surface area contributed by atoms with Gasteiger partial charge in [0.15, 0.2) is 11.5 Å². The van der Waals surface area contributed by atoms with Crippen LogP contribution in [0.15, 0.2) is 53.8 Å². The van der Waals surface area contributed by atoms with Crippen LogP contribution >= 0.6 is 11.8 Å². The van der Waals surface area contributed by atoms with Crippen molar-refractivity contribution >= 4 is 28.6 Å². The molecule has 1 aliphatic rings. The maximum Gasteiger partial charge on any atom is 0.233 e. The van der Waals surface area contributed by atoms with Gasteiger partial charge in [0.05, 0.1) is 11.3 Å². The summed E-state index contributed by atoms with van der Waals surface area (Å²) in [6.45, 7) is 4.29. The molecule has 144 valence electrons. The van der Waals surface area contributed by atoms with Crippen molar-refractivity contribution in [2.24, 2.45) is 0 Å². The molecule has 1 aromatic heterocycles. The van der Waals surface area contributed by atoms with Gasteiger partial charge in [0, 0.05) is 18.5 Å². The minimum atomic E-state index is 0.0742. The third-order valence-corrected chi connectivity index (χ3v) is 5.54. The molecule has 0 saturated carbocycles. The van der Waals surface area contributed by atoms with Gasteiger partial charge in [0.25, 0.3) is 0 Å². The van der Waals surface area contributed by atoms with Crippen molar-refractivity contribution in [2.75, 3.05) is 25.5 Å². The molecule has 2 aromatic carbocycles. The standard InChI is InChI=1S/C21H21N3O3S/c1-2-24(12-15-7-8-18-19(11-15)27-10-9-26-18)20(25)13-28-21-16-5-3-4-6-17(16)22-14-23-21/h3-8,11,14H,2,9-10,12-13H2,1H3. The van der Waals surface area contributed by atoms with Gasteiger partial charge in [-0.1, -0.05) is 36.0 Å². The highest BCUT2D eigenvalue weighted by Crippen LogP contribution is 2.31. The Hall–Kier alpha value is -2.80. The van der Waals surface area contributed by atoms with E-state index in [1.165, 1.54) is 11.8 Å². The molecule has 0 spiro atoms. The van der Waals surface area contributed by atoms with Crippen LogP contribution in [0.5, 0.6) is 11.5 Å². The topological polar surface area (TPSA) is 64.6 Å². The number of fused-ring (bicyclic) bond motifs is 2. The summed E-state index contributed by atoms with van der Waals surface area (Å²) in [5, 5.41) is 1.80. The molecular formula is C21H21N3O3S. The first kappa shape index (κ1) is 18.6. The molecular weight excluding hydrogens is 374 g/mol. The SMILES string of the molecule is CCN(Cc1ccc2c(c1)OCCO2)C(=O)CSc1ncnc2ccccc12. The van der Waals surface area contributed by atoms with Crippen LogP contribution < -0.4 is 9.47 Å². The number of para-hydroxylation sites is 1. The van der Waals surface area contributed by atoms with E-state index in [4.69, 9.17) is 9.47 Å². The molecule has 1 amide bonds. The van der Waals surface area contributed by atoms with Crippen molar-refractivity contribution in [1.82, 2.24) is 14.9 Å². The van der Waals surface area contributed by atoms with Gasteiger partial charge < -0.3 is 14.4 Å². The lowest BCUT2D eigenvalue weighted by Crippen LogP contribution is -2.31. The van der Waals surface area contributed by atoms with E-state index in [0.29, 0.717) is 32.1 Å². The van der Waals surface area contributed by atoms with Crippen molar-refractivity contribution in [3.05, 3.63) is 54.4 Å². The maximum atomic E-state index is 12.8. The predicted molar refractivity (Wildman–Crippen MR) is 109 cm³/mol. The van der Waals surface area contributed by atoms with Gasteiger partial charge in [-0.15, -0.1) is 0 Å². The number of hydrogen-bond donors (Lipinski definition) is 0. The Morgan fingerprint density at radius 2 is 1.93 bits per heavy atom. The third kappa shape index (κ3) is 4.04. The first-order valence-electron chi connectivity index (χ1n) is 9.23. The van der Waals surface area contributed by atoms with Gasteiger partial charge in [0.2, 0.25) is 5.91 Å². The first-order valence-corrected chi connectivity index (χ1v) is 10.2. The molecule has 0 saturated heterocycles. The molecule has 0 bridgehead atoms. The molecule has 0 N–H and O–H groups in total. The van der Waals surface area contributed by atoms with Crippen LogP contribution in [0, 0.1) is 0 Å². The summed E-state index contributed by atoms with van der Waals surface area (Å²) in [5.41, 5.74) is 1.91. The number of carbonyl (C=O) groups is 1. The second-order valence-electron chi connectivity index (χ2n) is 6.37. The first-order chi connectivity index (χ1) is 13.7. The Morgan fingerprint density at radius 1 is 1.11 bits per heavy atom. The fourth-order valence-electron chi connectivity index (χ4n) is 3.10. The van der Waals surface area contributed by atoms with E-state index in [1.807, 2.05) is 54.3 Å². The molecule has 0 radical (unpaired) electrons. The molecule has 4 rings (SSSR count). The number of nitrogens with zero attached hydrogens (tertiary/aromatic N) is 3. The second-order valence-corrected chi connectivity index (χ2v) is 7.33. The Balaban J connectivity index is 1.42. The van der Waals surface area contributed by atoms with E-state index in [9.17, 15) is 4.79 Å². The molecule has 0 fully saturated rings. The maximum absolute atomic E-state index is 12.8. The van der Waals surface area contributed by atoms with Crippen molar-refractivity contribution in [3.8, 4) is 11.5 Å². The van der Waals surface area contributed by atoms with Gasteiger partial charge in [-0.2, -0.15) is 0 Å². The lowest BCUT2D eigenvalue weighted by molar-refractivity contribution is -0.128. The Bertz CT molecular complexity index is 990. The average Bonchev–Trinajstić information content (AvgIpc) is 2.75. The fraction of sp³-hybridized carbons (Fsp3) is 0.286. The predicted octanol–water partition coefficient (Wildman–Crippen LogP) is 3.54. The van der Waals surface area contributed by atoms with Crippen LogP contribution in [0.3, 0.4) is 0 Å². The number of hydrogen-bond acceptors (Lipinski definition) is 6. The number of rotatable bonds is 6. The van der Waals surface area contributed by atoms with E-state index in [0.717, 1.165) is 33.0 Å². The van der Waals surface area contributed by atoms with Crippen LogP contribution in [-0.2, 0) is 11.3 Å².